The van der Waals surface area contributed by atoms with Crippen molar-refractivity contribution < 1.29 is 24.2 Å². The van der Waals surface area contributed by atoms with E-state index in [9.17, 15) is 14.7 Å². The van der Waals surface area contributed by atoms with Crippen molar-refractivity contribution in [3.8, 4) is 0 Å². The molecule has 0 spiro atoms. The largest absolute Gasteiger partial charge is 0.480 e. The second-order valence-corrected chi connectivity index (χ2v) is 8.68. The number of aliphatic carboxylic acids is 1. The Labute approximate surface area is 189 Å². The van der Waals surface area contributed by atoms with Crippen LogP contribution in [0, 0.1) is 0 Å². The molecule has 3 heterocycles. The number of aromatic nitrogens is 1. The van der Waals surface area contributed by atoms with Crippen LogP contribution in [0.2, 0.25) is 0 Å². The second-order valence-electron chi connectivity index (χ2n) is 8.68. The third-order valence-electron chi connectivity index (χ3n) is 5.97. The average molecular weight is 449 g/mol. The zero-order valence-corrected chi connectivity index (χ0v) is 19.1. The van der Waals surface area contributed by atoms with Gasteiger partial charge in [0.15, 0.2) is 0 Å². The molecule has 2 amide bonds. The number of carboxylic acids is 1. The van der Waals surface area contributed by atoms with Crippen molar-refractivity contribution in [1.29, 1.82) is 0 Å². The fraction of sp³-hybridized carbons (Fsp3) is 0.696. The van der Waals surface area contributed by atoms with Crippen LogP contribution >= 0.6 is 0 Å². The number of nitrogens with one attached hydrogen (secondary N) is 2. The number of nitrogens with zero attached hydrogens (tertiary/aromatic N) is 2. The van der Waals surface area contributed by atoms with Gasteiger partial charge in [-0.05, 0) is 57.6 Å². The Balaban J connectivity index is 1.32. The van der Waals surface area contributed by atoms with Crippen molar-refractivity contribution in [3.63, 3.8) is 0 Å². The third-order valence-corrected chi connectivity index (χ3v) is 5.97. The van der Waals surface area contributed by atoms with E-state index in [-0.39, 0.29) is 31.1 Å². The molecule has 0 aliphatic carbocycles. The van der Waals surface area contributed by atoms with Crippen LogP contribution < -0.4 is 10.6 Å². The SMILES string of the molecule is CC1COCC(C)N1C(=O)N[C@@H](CCOCCCCc1ccc2c(n1)NCCC2)C(=O)O. The van der Waals surface area contributed by atoms with Crippen molar-refractivity contribution in [3.05, 3.63) is 23.4 Å². The Morgan fingerprint density at radius 3 is 2.81 bits per heavy atom. The van der Waals surface area contributed by atoms with Gasteiger partial charge in [0.05, 0.1) is 25.3 Å². The number of fused-ring (bicyclic) bond motifs is 1. The van der Waals surface area contributed by atoms with E-state index in [0.29, 0.717) is 19.8 Å². The summed E-state index contributed by atoms with van der Waals surface area (Å²) in [6.07, 6.45) is 5.19. The van der Waals surface area contributed by atoms with Gasteiger partial charge in [-0.15, -0.1) is 0 Å². The van der Waals surface area contributed by atoms with Crippen molar-refractivity contribution in [2.24, 2.45) is 0 Å². The Kier molecular flexibility index (Phi) is 9.11. The highest BCUT2D eigenvalue weighted by atomic mass is 16.5. The van der Waals surface area contributed by atoms with Crippen molar-refractivity contribution >= 4 is 17.8 Å². The Hall–Kier alpha value is -2.39. The number of pyridine rings is 1. The lowest BCUT2D eigenvalue weighted by atomic mass is 10.1. The van der Waals surface area contributed by atoms with Crippen molar-refractivity contribution in [2.75, 3.05) is 38.3 Å². The number of carbonyl (C=O) groups is 2. The molecule has 0 radical (unpaired) electrons. The number of carbonyl (C=O) groups excluding carboxylic acids is 1. The lowest BCUT2D eigenvalue weighted by Crippen LogP contribution is -2.58. The number of carboxylic acid groups (broad SMARTS) is 1. The Bertz CT molecular complexity index is 765. The molecule has 3 N–H and O–H groups in total. The minimum absolute atomic E-state index is 0.0927. The highest BCUT2D eigenvalue weighted by molar-refractivity contribution is 5.83. The van der Waals surface area contributed by atoms with E-state index in [1.807, 2.05) is 13.8 Å². The van der Waals surface area contributed by atoms with Gasteiger partial charge in [-0.3, -0.25) is 0 Å². The standard InChI is InChI=1S/C23H36N4O5/c1-16-14-32-15-17(2)27(16)23(30)26-20(22(28)29)10-13-31-12-4-3-7-19-9-8-18-6-5-11-24-21(18)25-19/h8-9,16-17,20H,3-7,10-15H2,1-2H3,(H,24,25)(H,26,30)(H,28,29)/t16?,17?,20-/m0/s1. The molecule has 0 aromatic carbocycles. The van der Waals surface area contributed by atoms with Gasteiger partial charge in [-0.25, -0.2) is 14.6 Å². The number of aryl methyl sites for hydroxylation is 2. The molecule has 2 aliphatic heterocycles. The average Bonchev–Trinajstić information content (AvgIpc) is 2.77. The fourth-order valence-corrected chi connectivity index (χ4v) is 4.21. The summed E-state index contributed by atoms with van der Waals surface area (Å²) in [7, 11) is 0. The van der Waals surface area contributed by atoms with E-state index in [4.69, 9.17) is 14.5 Å². The van der Waals surface area contributed by atoms with Crippen LogP contribution in [0.3, 0.4) is 0 Å². The molecule has 3 rings (SSSR count). The van der Waals surface area contributed by atoms with Crippen LogP contribution in [0.1, 0.15) is 50.8 Å². The number of ether oxygens (including phenoxy) is 2. The molecule has 1 saturated heterocycles. The van der Waals surface area contributed by atoms with Crippen LogP contribution in [-0.2, 0) is 27.1 Å². The van der Waals surface area contributed by atoms with Crippen LogP contribution in [-0.4, -0.2) is 78.1 Å². The fourth-order valence-electron chi connectivity index (χ4n) is 4.21. The number of unbranched alkanes of at least 4 members (excludes halogenated alkanes) is 1. The smallest absolute Gasteiger partial charge is 0.326 e. The number of hydrogen-bond acceptors (Lipinski definition) is 6. The number of morpholine rings is 1. The summed E-state index contributed by atoms with van der Waals surface area (Å²) < 4.78 is 11.1. The third kappa shape index (κ3) is 6.80. The lowest BCUT2D eigenvalue weighted by molar-refractivity contribution is -0.139. The van der Waals surface area contributed by atoms with Gasteiger partial charge in [0, 0.05) is 31.9 Å². The number of hydrogen-bond donors (Lipinski definition) is 3. The quantitative estimate of drug-likeness (QED) is 0.471. The molecule has 1 fully saturated rings. The summed E-state index contributed by atoms with van der Waals surface area (Å²) in [6.45, 7) is 6.52. The molecule has 0 saturated carbocycles. The van der Waals surface area contributed by atoms with E-state index in [0.717, 1.165) is 50.2 Å². The second kappa shape index (κ2) is 12.0. The Morgan fingerprint density at radius 2 is 2.06 bits per heavy atom. The summed E-state index contributed by atoms with van der Waals surface area (Å²) in [5, 5.41) is 15.5. The molecular weight excluding hydrogens is 412 g/mol. The maximum absolute atomic E-state index is 12.6. The first-order chi connectivity index (χ1) is 15.5. The molecule has 2 aliphatic rings. The van der Waals surface area contributed by atoms with Crippen molar-refractivity contribution in [1.82, 2.24) is 15.2 Å². The molecule has 9 nitrogen and oxygen atoms in total. The molecule has 9 heteroatoms. The number of amides is 2. The first-order valence-corrected chi connectivity index (χ1v) is 11.7. The molecule has 32 heavy (non-hydrogen) atoms. The zero-order chi connectivity index (χ0) is 22.9. The lowest BCUT2D eigenvalue weighted by Gasteiger charge is -2.39. The summed E-state index contributed by atoms with van der Waals surface area (Å²) >= 11 is 0. The summed E-state index contributed by atoms with van der Waals surface area (Å²) in [6, 6.07) is 2.74. The number of urea groups is 1. The van der Waals surface area contributed by atoms with E-state index >= 15 is 0 Å². The summed E-state index contributed by atoms with van der Waals surface area (Å²) in [5.74, 6) is -0.0322. The molecular formula is C23H36N4O5. The normalized spacial score (nSPS) is 21.4. The first kappa shape index (κ1) is 24.3. The van der Waals surface area contributed by atoms with Gasteiger partial charge in [0.25, 0.3) is 0 Å². The molecule has 1 aromatic rings. The van der Waals surface area contributed by atoms with E-state index in [1.165, 1.54) is 5.56 Å². The van der Waals surface area contributed by atoms with E-state index in [1.54, 1.807) is 4.90 Å². The predicted octanol–water partition coefficient (Wildman–Crippen LogP) is 2.44. The minimum Gasteiger partial charge on any atom is -0.480 e. The first-order valence-electron chi connectivity index (χ1n) is 11.7. The Morgan fingerprint density at radius 1 is 1.28 bits per heavy atom. The molecule has 2 unspecified atom stereocenters. The van der Waals surface area contributed by atoms with E-state index < -0.39 is 12.0 Å². The summed E-state index contributed by atoms with van der Waals surface area (Å²) in [5.41, 5.74) is 2.37. The maximum Gasteiger partial charge on any atom is 0.326 e. The number of rotatable bonds is 10. The van der Waals surface area contributed by atoms with Crippen LogP contribution in [0.25, 0.3) is 0 Å². The monoisotopic (exact) mass is 448 g/mol. The van der Waals surface area contributed by atoms with Crippen LogP contribution in [0.5, 0.6) is 0 Å². The number of anilines is 1. The van der Waals surface area contributed by atoms with Gasteiger partial charge in [0.2, 0.25) is 0 Å². The van der Waals surface area contributed by atoms with Gasteiger partial charge in [-0.2, -0.15) is 0 Å². The zero-order valence-electron chi connectivity index (χ0n) is 19.1. The van der Waals surface area contributed by atoms with Gasteiger partial charge >= 0.3 is 12.0 Å². The molecule has 178 valence electrons. The minimum atomic E-state index is -1.05. The van der Waals surface area contributed by atoms with Gasteiger partial charge < -0.3 is 30.1 Å². The summed E-state index contributed by atoms with van der Waals surface area (Å²) in [4.78, 5) is 30.5. The molecule has 0 bridgehead atoms. The van der Waals surface area contributed by atoms with E-state index in [2.05, 4.69) is 22.8 Å². The topological polar surface area (TPSA) is 113 Å². The van der Waals surface area contributed by atoms with Crippen LogP contribution in [0.15, 0.2) is 12.1 Å². The maximum atomic E-state index is 12.6. The van der Waals surface area contributed by atoms with Crippen LogP contribution in [0.4, 0.5) is 10.6 Å². The predicted molar refractivity (Wildman–Crippen MR) is 121 cm³/mol. The highest BCUT2D eigenvalue weighted by Crippen LogP contribution is 2.20. The van der Waals surface area contributed by atoms with Gasteiger partial charge in [0.1, 0.15) is 11.9 Å². The van der Waals surface area contributed by atoms with Gasteiger partial charge in [-0.1, -0.05) is 6.07 Å². The highest BCUT2D eigenvalue weighted by Gasteiger charge is 2.32. The molecule has 1 aromatic heterocycles. The van der Waals surface area contributed by atoms with Crippen molar-refractivity contribution in [2.45, 2.75) is 70.5 Å². The molecule has 3 atom stereocenters.